The van der Waals surface area contributed by atoms with Crippen molar-refractivity contribution in [2.75, 3.05) is 17.3 Å². The van der Waals surface area contributed by atoms with E-state index in [9.17, 15) is 9.18 Å². The summed E-state index contributed by atoms with van der Waals surface area (Å²) >= 11 is 6.32. The van der Waals surface area contributed by atoms with Crippen LogP contribution in [0.5, 0.6) is 0 Å². The Labute approximate surface area is 170 Å². The van der Waals surface area contributed by atoms with Crippen LogP contribution in [0.1, 0.15) is 17.7 Å². The monoisotopic (exact) mass is 413 g/mol. The molecule has 4 rings (SSSR count). The van der Waals surface area contributed by atoms with Gasteiger partial charge in [0, 0.05) is 20.2 Å². The summed E-state index contributed by atoms with van der Waals surface area (Å²) in [5, 5.41) is 11.9. The van der Waals surface area contributed by atoms with Crippen LogP contribution in [-0.4, -0.2) is 38.6 Å². The van der Waals surface area contributed by atoms with Crippen LogP contribution < -0.4 is 10.2 Å². The number of pyridine rings is 2. The van der Waals surface area contributed by atoms with E-state index in [-0.39, 0.29) is 23.1 Å². The molecule has 0 radical (unpaired) electrons. The second kappa shape index (κ2) is 6.97. The summed E-state index contributed by atoms with van der Waals surface area (Å²) in [4.78, 5) is 26.9. The highest BCUT2D eigenvalue weighted by Gasteiger charge is 2.44. The number of carbonyl (C=O) groups excluding carboxylic acids is 1. The van der Waals surface area contributed by atoms with Gasteiger partial charge in [-0.2, -0.15) is 5.26 Å². The lowest BCUT2D eigenvalue weighted by Gasteiger charge is -2.22. The van der Waals surface area contributed by atoms with E-state index in [1.54, 1.807) is 35.0 Å². The second-order valence-electron chi connectivity index (χ2n) is 7.03. The summed E-state index contributed by atoms with van der Waals surface area (Å²) in [6.07, 6.45) is 0.733. The molecule has 3 aromatic heterocycles. The SMILES string of the molecule is Cc1cc(C#N)nc(Cl)c1N(C)c1cc2c(ncn2C)c(NC(=O)[C@H]2C[C@H]2F)n1. The number of anilines is 3. The third kappa shape index (κ3) is 3.36. The first kappa shape index (κ1) is 19.1. The van der Waals surface area contributed by atoms with Crippen LogP contribution in [-0.2, 0) is 11.8 Å². The van der Waals surface area contributed by atoms with Crippen molar-refractivity contribution in [3.05, 3.63) is 34.9 Å². The lowest BCUT2D eigenvalue weighted by atomic mass is 10.2. The maximum absolute atomic E-state index is 13.3. The maximum atomic E-state index is 13.3. The molecule has 1 amide bonds. The van der Waals surface area contributed by atoms with Crippen molar-refractivity contribution >= 4 is 45.9 Å². The molecule has 0 aliphatic heterocycles. The number of fused-ring (bicyclic) bond motifs is 1. The minimum Gasteiger partial charge on any atom is -0.334 e. The van der Waals surface area contributed by atoms with E-state index in [1.807, 2.05) is 20.0 Å². The lowest BCUT2D eigenvalue weighted by Crippen LogP contribution is -2.19. The molecule has 1 N–H and O–H groups in total. The van der Waals surface area contributed by atoms with E-state index in [0.29, 0.717) is 17.0 Å². The third-order valence-electron chi connectivity index (χ3n) is 4.92. The number of hydrogen-bond acceptors (Lipinski definition) is 6. The van der Waals surface area contributed by atoms with Crippen LogP contribution in [0, 0.1) is 24.2 Å². The smallest absolute Gasteiger partial charge is 0.231 e. The number of nitrogens with zero attached hydrogens (tertiary/aromatic N) is 6. The third-order valence-corrected chi connectivity index (χ3v) is 5.19. The molecule has 2 atom stereocenters. The molecular weight excluding hydrogens is 397 g/mol. The predicted molar refractivity (Wildman–Crippen MR) is 107 cm³/mol. The summed E-state index contributed by atoms with van der Waals surface area (Å²) in [5.74, 6) is -0.313. The molecule has 1 fully saturated rings. The van der Waals surface area contributed by atoms with E-state index in [2.05, 4.69) is 20.3 Å². The molecule has 8 nitrogen and oxygen atoms in total. The number of aryl methyl sites for hydroxylation is 2. The van der Waals surface area contributed by atoms with Gasteiger partial charge < -0.3 is 14.8 Å². The van der Waals surface area contributed by atoms with Crippen molar-refractivity contribution < 1.29 is 9.18 Å². The van der Waals surface area contributed by atoms with Crippen molar-refractivity contribution in [2.45, 2.75) is 19.5 Å². The molecule has 1 aliphatic carbocycles. The van der Waals surface area contributed by atoms with E-state index >= 15 is 0 Å². The van der Waals surface area contributed by atoms with Gasteiger partial charge in [0.25, 0.3) is 0 Å². The first-order valence-corrected chi connectivity index (χ1v) is 9.26. The highest BCUT2D eigenvalue weighted by Crippen LogP contribution is 2.37. The van der Waals surface area contributed by atoms with Crippen LogP contribution in [0.15, 0.2) is 18.5 Å². The predicted octanol–water partition coefficient (Wildman–Crippen LogP) is 3.26. The minimum absolute atomic E-state index is 0.166. The molecule has 29 heavy (non-hydrogen) atoms. The summed E-state index contributed by atoms with van der Waals surface area (Å²) < 4.78 is 15.1. The molecule has 0 bridgehead atoms. The van der Waals surface area contributed by atoms with Crippen LogP contribution in [0.4, 0.5) is 21.7 Å². The van der Waals surface area contributed by atoms with Gasteiger partial charge >= 0.3 is 0 Å². The van der Waals surface area contributed by atoms with Crippen LogP contribution in [0.2, 0.25) is 5.15 Å². The van der Waals surface area contributed by atoms with Gasteiger partial charge in [-0.15, -0.1) is 0 Å². The number of nitriles is 1. The molecule has 10 heteroatoms. The van der Waals surface area contributed by atoms with E-state index in [4.69, 9.17) is 16.9 Å². The Morgan fingerprint density at radius 3 is 2.79 bits per heavy atom. The molecule has 0 spiro atoms. The fourth-order valence-corrected chi connectivity index (χ4v) is 3.59. The van der Waals surface area contributed by atoms with Gasteiger partial charge in [0.15, 0.2) is 11.0 Å². The van der Waals surface area contributed by atoms with Crippen LogP contribution in [0.3, 0.4) is 0 Å². The fraction of sp³-hybridized carbons (Fsp3) is 0.316. The van der Waals surface area contributed by atoms with Gasteiger partial charge in [0.2, 0.25) is 5.91 Å². The van der Waals surface area contributed by atoms with Gasteiger partial charge in [-0.1, -0.05) is 11.6 Å². The molecule has 3 heterocycles. The number of carbonyl (C=O) groups is 1. The van der Waals surface area contributed by atoms with Crippen LogP contribution >= 0.6 is 11.6 Å². The lowest BCUT2D eigenvalue weighted by molar-refractivity contribution is -0.117. The minimum atomic E-state index is -1.11. The van der Waals surface area contributed by atoms with E-state index in [0.717, 1.165) is 11.1 Å². The number of halogens is 2. The number of rotatable bonds is 4. The number of imidazole rings is 1. The molecule has 0 unspecified atom stereocenters. The maximum Gasteiger partial charge on any atom is 0.231 e. The van der Waals surface area contributed by atoms with Gasteiger partial charge in [-0.05, 0) is 25.0 Å². The largest absolute Gasteiger partial charge is 0.334 e. The van der Waals surface area contributed by atoms with Crippen LogP contribution in [0.25, 0.3) is 11.0 Å². The van der Waals surface area contributed by atoms with Gasteiger partial charge in [-0.25, -0.2) is 19.3 Å². The second-order valence-corrected chi connectivity index (χ2v) is 7.39. The standard InChI is InChI=1S/C19H17ClFN7O/c1-9-4-10(7-22)24-17(20)16(9)28(3)14-6-13-15(23-8-27(13)2)18(25-14)26-19(29)11-5-12(11)21/h4,6,8,11-12H,5H2,1-3H3,(H,25,26,29)/t11-,12+/m0/s1. The topological polar surface area (TPSA) is 99.7 Å². The van der Waals surface area contributed by atoms with Crippen molar-refractivity contribution in [2.24, 2.45) is 13.0 Å². The zero-order valence-electron chi connectivity index (χ0n) is 15.9. The zero-order valence-corrected chi connectivity index (χ0v) is 16.7. The first-order chi connectivity index (χ1) is 13.8. The molecule has 0 aromatic carbocycles. The Morgan fingerprint density at radius 2 is 2.17 bits per heavy atom. The first-order valence-electron chi connectivity index (χ1n) is 8.88. The van der Waals surface area contributed by atoms with E-state index < -0.39 is 18.0 Å². The van der Waals surface area contributed by atoms with Gasteiger partial charge in [-0.3, -0.25) is 4.79 Å². The Bertz CT molecular complexity index is 1160. The van der Waals surface area contributed by atoms with Crippen molar-refractivity contribution in [1.29, 1.82) is 5.26 Å². The molecular formula is C19H17ClFN7O. The summed E-state index contributed by atoms with van der Waals surface area (Å²) in [7, 11) is 3.58. The Kier molecular flexibility index (Phi) is 4.59. The average molecular weight is 414 g/mol. The number of amides is 1. The van der Waals surface area contributed by atoms with Crippen molar-refractivity contribution in [3.63, 3.8) is 0 Å². The summed E-state index contributed by atoms with van der Waals surface area (Å²) in [6.45, 7) is 1.82. The Balaban J connectivity index is 1.79. The molecule has 1 saturated carbocycles. The molecule has 3 aromatic rings. The van der Waals surface area contributed by atoms with E-state index in [1.165, 1.54) is 0 Å². The summed E-state index contributed by atoms with van der Waals surface area (Å²) in [5.41, 5.74) is 2.80. The number of alkyl halides is 1. The summed E-state index contributed by atoms with van der Waals surface area (Å²) in [6, 6.07) is 5.42. The number of aromatic nitrogens is 4. The highest BCUT2D eigenvalue weighted by atomic mass is 35.5. The number of nitrogens with one attached hydrogen (secondary N) is 1. The fourth-order valence-electron chi connectivity index (χ4n) is 3.22. The van der Waals surface area contributed by atoms with Crippen molar-refractivity contribution in [3.8, 4) is 6.07 Å². The highest BCUT2D eigenvalue weighted by molar-refractivity contribution is 6.32. The Morgan fingerprint density at radius 1 is 1.45 bits per heavy atom. The van der Waals surface area contributed by atoms with Crippen molar-refractivity contribution in [1.82, 2.24) is 19.5 Å². The molecule has 0 saturated heterocycles. The molecule has 1 aliphatic rings. The average Bonchev–Trinajstić information content (AvgIpc) is 3.30. The normalized spacial score (nSPS) is 17.8. The Hall–Kier alpha value is -3.25. The zero-order chi connectivity index (χ0) is 20.9. The quantitative estimate of drug-likeness (QED) is 0.659. The molecule has 148 valence electrons. The number of hydrogen-bond donors (Lipinski definition) is 1. The van der Waals surface area contributed by atoms with Gasteiger partial charge in [0.05, 0.1) is 23.4 Å². The van der Waals surface area contributed by atoms with Gasteiger partial charge in [0.1, 0.15) is 29.3 Å².